The molecule has 0 aliphatic carbocycles. The molecule has 0 fully saturated rings. The lowest BCUT2D eigenvalue weighted by Gasteiger charge is -2.23. The first-order chi connectivity index (χ1) is 7.41. The summed E-state index contributed by atoms with van der Waals surface area (Å²) in [5.74, 6) is 0.602. The Morgan fingerprint density at radius 3 is 2.38 bits per heavy atom. The maximum Gasteiger partial charge on any atom is 0.127 e. The van der Waals surface area contributed by atoms with Crippen molar-refractivity contribution in [2.75, 3.05) is 0 Å². The third kappa shape index (κ3) is 3.74. The van der Waals surface area contributed by atoms with Crippen LogP contribution in [0.15, 0.2) is 22.7 Å². The Morgan fingerprint density at radius 2 is 1.94 bits per heavy atom. The molecule has 0 spiro atoms. The highest BCUT2D eigenvalue weighted by molar-refractivity contribution is 9.10. The van der Waals surface area contributed by atoms with Crippen LogP contribution < -0.4 is 0 Å². The maximum absolute atomic E-state index is 13.7. The Hall–Kier alpha value is -0.0800. The summed E-state index contributed by atoms with van der Waals surface area (Å²) in [7, 11) is 0. The van der Waals surface area contributed by atoms with Gasteiger partial charge in [0, 0.05) is 9.85 Å². The molecule has 2 atom stereocenters. The quantitative estimate of drug-likeness (QED) is 0.684. The van der Waals surface area contributed by atoms with Crippen molar-refractivity contribution in [1.29, 1.82) is 0 Å². The first-order valence-electron chi connectivity index (χ1n) is 5.49. The Bertz CT molecular complexity index is 342. The second-order valence-corrected chi connectivity index (χ2v) is 6.13. The lowest BCUT2D eigenvalue weighted by Crippen LogP contribution is -2.21. The molecule has 0 N–H and O–H groups in total. The van der Waals surface area contributed by atoms with Gasteiger partial charge < -0.3 is 0 Å². The summed E-state index contributed by atoms with van der Waals surface area (Å²) in [5.41, 5.74) is 0.745. The molecule has 0 nitrogen and oxygen atoms in total. The molecule has 0 amide bonds. The Labute approximate surface area is 110 Å². The van der Waals surface area contributed by atoms with Gasteiger partial charge in [0.2, 0.25) is 0 Å². The van der Waals surface area contributed by atoms with Gasteiger partial charge in [-0.2, -0.15) is 0 Å². The van der Waals surface area contributed by atoms with E-state index in [0.717, 1.165) is 10.0 Å². The van der Waals surface area contributed by atoms with Crippen molar-refractivity contribution in [2.45, 2.75) is 32.6 Å². The van der Waals surface area contributed by atoms with Gasteiger partial charge in [0.25, 0.3) is 0 Å². The van der Waals surface area contributed by atoms with E-state index < -0.39 is 0 Å². The molecule has 0 heterocycles. The average Bonchev–Trinajstić information content (AvgIpc) is 2.15. The molecule has 90 valence electrons. The van der Waals surface area contributed by atoms with Crippen LogP contribution in [-0.2, 0) is 6.42 Å². The van der Waals surface area contributed by atoms with Gasteiger partial charge in [-0.25, -0.2) is 4.39 Å². The molecule has 3 heteroatoms. The SMILES string of the molecule is CC(C)C(Cc1ccc(Br)cc1F)C(C)Cl. The Morgan fingerprint density at radius 1 is 1.31 bits per heavy atom. The van der Waals surface area contributed by atoms with Gasteiger partial charge in [0.05, 0.1) is 0 Å². The van der Waals surface area contributed by atoms with Crippen molar-refractivity contribution in [2.24, 2.45) is 11.8 Å². The number of alkyl halides is 1. The van der Waals surface area contributed by atoms with Crippen molar-refractivity contribution in [3.8, 4) is 0 Å². The molecule has 1 aromatic rings. The standard InChI is InChI=1S/C13H17BrClF/c1-8(2)12(9(3)15)6-10-4-5-11(14)7-13(10)16/h4-5,7-9,12H,6H2,1-3H3. The van der Waals surface area contributed by atoms with Crippen molar-refractivity contribution in [3.63, 3.8) is 0 Å². The molecule has 1 aromatic carbocycles. The van der Waals surface area contributed by atoms with E-state index in [2.05, 4.69) is 29.8 Å². The van der Waals surface area contributed by atoms with Crippen LogP contribution in [-0.4, -0.2) is 5.38 Å². The summed E-state index contributed by atoms with van der Waals surface area (Å²) in [6.07, 6.45) is 0.696. The van der Waals surface area contributed by atoms with E-state index >= 15 is 0 Å². The van der Waals surface area contributed by atoms with E-state index in [1.807, 2.05) is 19.1 Å². The molecule has 0 bridgehead atoms. The number of benzene rings is 1. The largest absolute Gasteiger partial charge is 0.207 e. The lowest BCUT2D eigenvalue weighted by molar-refractivity contribution is 0.371. The molecule has 2 unspecified atom stereocenters. The summed E-state index contributed by atoms with van der Waals surface area (Å²) < 4.78 is 14.4. The van der Waals surface area contributed by atoms with E-state index in [1.165, 1.54) is 6.07 Å². The number of hydrogen-bond donors (Lipinski definition) is 0. The molecule has 0 saturated carbocycles. The minimum Gasteiger partial charge on any atom is -0.207 e. The highest BCUT2D eigenvalue weighted by Gasteiger charge is 2.20. The van der Waals surface area contributed by atoms with Gasteiger partial charge in [0.1, 0.15) is 5.82 Å². The molecular formula is C13H17BrClF. The van der Waals surface area contributed by atoms with Gasteiger partial charge in [-0.3, -0.25) is 0 Å². The van der Waals surface area contributed by atoms with Crippen LogP contribution in [0.1, 0.15) is 26.3 Å². The van der Waals surface area contributed by atoms with Gasteiger partial charge >= 0.3 is 0 Å². The fourth-order valence-electron chi connectivity index (χ4n) is 1.87. The topological polar surface area (TPSA) is 0 Å². The zero-order chi connectivity index (χ0) is 12.3. The van der Waals surface area contributed by atoms with Crippen LogP contribution in [0, 0.1) is 17.7 Å². The van der Waals surface area contributed by atoms with E-state index in [1.54, 1.807) is 0 Å². The third-order valence-corrected chi connectivity index (χ3v) is 3.73. The molecule has 1 rings (SSSR count). The normalized spacial score (nSPS) is 15.2. The van der Waals surface area contributed by atoms with Gasteiger partial charge in [-0.15, -0.1) is 11.6 Å². The van der Waals surface area contributed by atoms with Crippen LogP contribution in [0.2, 0.25) is 0 Å². The smallest absolute Gasteiger partial charge is 0.127 e. The van der Waals surface area contributed by atoms with Crippen LogP contribution in [0.5, 0.6) is 0 Å². The van der Waals surface area contributed by atoms with Crippen LogP contribution in [0.4, 0.5) is 4.39 Å². The van der Waals surface area contributed by atoms with Crippen molar-refractivity contribution in [3.05, 3.63) is 34.1 Å². The first-order valence-corrected chi connectivity index (χ1v) is 6.72. The van der Waals surface area contributed by atoms with E-state index in [-0.39, 0.29) is 11.2 Å². The highest BCUT2D eigenvalue weighted by Crippen LogP contribution is 2.26. The minimum atomic E-state index is -0.155. The second-order valence-electron chi connectivity index (χ2n) is 4.53. The zero-order valence-corrected chi connectivity index (χ0v) is 12.1. The van der Waals surface area contributed by atoms with E-state index in [9.17, 15) is 4.39 Å². The molecule has 0 saturated heterocycles. The van der Waals surface area contributed by atoms with Crippen molar-refractivity contribution < 1.29 is 4.39 Å². The van der Waals surface area contributed by atoms with Crippen molar-refractivity contribution in [1.82, 2.24) is 0 Å². The monoisotopic (exact) mass is 306 g/mol. The predicted molar refractivity (Wildman–Crippen MR) is 71.4 cm³/mol. The van der Waals surface area contributed by atoms with Gasteiger partial charge in [-0.1, -0.05) is 35.8 Å². The van der Waals surface area contributed by atoms with Crippen LogP contribution in [0.3, 0.4) is 0 Å². The Kier molecular flexibility index (Phi) is 5.26. The highest BCUT2D eigenvalue weighted by atomic mass is 79.9. The summed E-state index contributed by atoms with van der Waals surface area (Å²) in [6.45, 7) is 6.23. The maximum atomic E-state index is 13.7. The second kappa shape index (κ2) is 6.02. The summed E-state index contributed by atoms with van der Waals surface area (Å²) in [5, 5.41) is 0.0584. The van der Waals surface area contributed by atoms with E-state index in [0.29, 0.717) is 18.3 Å². The van der Waals surface area contributed by atoms with Crippen molar-refractivity contribution >= 4 is 27.5 Å². The van der Waals surface area contributed by atoms with Crippen LogP contribution >= 0.6 is 27.5 Å². The molecule has 0 aliphatic rings. The van der Waals surface area contributed by atoms with Crippen LogP contribution in [0.25, 0.3) is 0 Å². The molecule has 16 heavy (non-hydrogen) atoms. The number of halogens is 3. The fourth-order valence-corrected chi connectivity index (χ4v) is 2.58. The minimum absolute atomic E-state index is 0.0584. The van der Waals surface area contributed by atoms with E-state index in [4.69, 9.17) is 11.6 Å². The van der Waals surface area contributed by atoms with Gasteiger partial charge in [-0.05, 0) is 42.9 Å². The average molecular weight is 308 g/mol. The zero-order valence-electron chi connectivity index (χ0n) is 9.81. The summed E-state index contributed by atoms with van der Waals surface area (Å²) in [4.78, 5) is 0. The number of rotatable bonds is 4. The lowest BCUT2D eigenvalue weighted by atomic mass is 9.87. The Balaban J connectivity index is 2.85. The molecular weight excluding hydrogens is 290 g/mol. The molecule has 0 aliphatic heterocycles. The summed E-state index contributed by atoms with van der Waals surface area (Å²) >= 11 is 9.39. The summed E-state index contributed by atoms with van der Waals surface area (Å²) in [6, 6.07) is 5.20. The first kappa shape index (κ1) is 14.0. The molecule has 0 aromatic heterocycles. The van der Waals surface area contributed by atoms with Gasteiger partial charge in [0.15, 0.2) is 0 Å². The fraction of sp³-hybridized carbons (Fsp3) is 0.538. The predicted octanol–water partition coefficient (Wildman–Crippen LogP) is 5.03. The molecule has 0 radical (unpaired) electrons. The third-order valence-electron chi connectivity index (χ3n) is 2.92. The number of hydrogen-bond acceptors (Lipinski definition) is 0.